The molecule has 1 aromatic carbocycles. The van der Waals surface area contributed by atoms with E-state index < -0.39 is 11.8 Å². The van der Waals surface area contributed by atoms with Crippen LogP contribution in [0.2, 0.25) is 0 Å². The minimum atomic E-state index is -0.525. The smallest absolute Gasteiger partial charge is 0.263 e. The van der Waals surface area contributed by atoms with Crippen molar-refractivity contribution in [3.8, 4) is 5.75 Å². The zero-order valence-corrected chi connectivity index (χ0v) is 14.5. The first-order valence-electron chi connectivity index (χ1n) is 6.67. The standard InChI is InChI=1S/C15H15BrN2O3S/c1-8(2)7-21-12-4-3-10(16)5-9(12)6-11-13(19)17-15(22)18-14(11)20/h3-6,8H,7H2,1-2H3,(H2,17,18,19,20,22). The largest absolute Gasteiger partial charge is 0.493 e. The molecule has 1 fully saturated rings. The first kappa shape index (κ1) is 16.6. The van der Waals surface area contributed by atoms with Gasteiger partial charge in [-0.2, -0.15) is 0 Å². The second kappa shape index (κ2) is 7.02. The Kier molecular flexibility index (Phi) is 5.31. The summed E-state index contributed by atoms with van der Waals surface area (Å²) in [5.41, 5.74) is 0.629. The van der Waals surface area contributed by atoms with E-state index in [1.807, 2.05) is 19.9 Å². The Hall–Kier alpha value is -1.73. The van der Waals surface area contributed by atoms with E-state index in [2.05, 4.69) is 26.6 Å². The Morgan fingerprint density at radius 1 is 1.27 bits per heavy atom. The van der Waals surface area contributed by atoms with E-state index in [1.165, 1.54) is 6.08 Å². The molecule has 0 unspecified atom stereocenters. The van der Waals surface area contributed by atoms with Gasteiger partial charge in [0.2, 0.25) is 0 Å². The van der Waals surface area contributed by atoms with Gasteiger partial charge in [-0.25, -0.2) is 0 Å². The van der Waals surface area contributed by atoms with Crippen LogP contribution in [0.25, 0.3) is 6.08 Å². The molecule has 1 saturated heterocycles. The van der Waals surface area contributed by atoms with E-state index >= 15 is 0 Å². The Morgan fingerprint density at radius 2 is 1.91 bits per heavy atom. The molecule has 2 rings (SSSR count). The molecule has 22 heavy (non-hydrogen) atoms. The highest BCUT2D eigenvalue weighted by Crippen LogP contribution is 2.26. The molecule has 0 aromatic heterocycles. The van der Waals surface area contributed by atoms with Crippen LogP contribution in [0, 0.1) is 5.92 Å². The van der Waals surface area contributed by atoms with Crippen LogP contribution in [0.15, 0.2) is 28.2 Å². The minimum Gasteiger partial charge on any atom is -0.493 e. The van der Waals surface area contributed by atoms with Crippen molar-refractivity contribution in [2.24, 2.45) is 5.92 Å². The van der Waals surface area contributed by atoms with Gasteiger partial charge in [0.25, 0.3) is 11.8 Å². The van der Waals surface area contributed by atoms with Crippen LogP contribution in [0.1, 0.15) is 19.4 Å². The average Bonchev–Trinajstić information content (AvgIpc) is 2.41. The summed E-state index contributed by atoms with van der Waals surface area (Å²) in [4.78, 5) is 23.8. The van der Waals surface area contributed by atoms with Crippen molar-refractivity contribution < 1.29 is 14.3 Å². The van der Waals surface area contributed by atoms with Crippen molar-refractivity contribution in [1.29, 1.82) is 0 Å². The summed E-state index contributed by atoms with van der Waals surface area (Å²) in [5.74, 6) is -0.0759. The van der Waals surface area contributed by atoms with Crippen LogP contribution in [0.5, 0.6) is 5.75 Å². The lowest BCUT2D eigenvalue weighted by Gasteiger charge is -2.17. The maximum atomic E-state index is 11.9. The number of benzene rings is 1. The van der Waals surface area contributed by atoms with Crippen molar-refractivity contribution in [2.75, 3.05) is 6.61 Å². The fourth-order valence-corrected chi connectivity index (χ4v) is 2.35. The lowest BCUT2D eigenvalue weighted by Crippen LogP contribution is -2.51. The number of amides is 2. The number of rotatable bonds is 4. The van der Waals surface area contributed by atoms with Gasteiger partial charge in [0.05, 0.1) is 6.61 Å². The van der Waals surface area contributed by atoms with Gasteiger partial charge in [-0.15, -0.1) is 0 Å². The van der Waals surface area contributed by atoms with Crippen LogP contribution >= 0.6 is 28.1 Å². The van der Waals surface area contributed by atoms with Gasteiger partial charge in [0, 0.05) is 10.0 Å². The normalized spacial score (nSPS) is 14.7. The number of ether oxygens (including phenoxy) is 1. The first-order chi connectivity index (χ1) is 10.4. The predicted octanol–water partition coefficient (Wildman–Crippen LogP) is 2.40. The van der Waals surface area contributed by atoms with Crippen LogP contribution < -0.4 is 15.4 Å². The second-order valence-electron chi connectivity index (χ2n) is 5.18. The average molecular weight is 383 g/mol. The summed E-state index contributed by atoms with van der Waals surface area (Å²) in [6, 6.07) is 5.42. The molecule has 1 aliphatic rings. The fourth-order valence-electron chi connectivity index (χ4n) is 1.78. The van der Waals surface area contributed by atoms with Crippen molar-refractivity contribution in [3.63, 3.8) is 0 Å². The third-order valence-corrected chi connectivity index (χ3v) is 3.48. The molecule has 0 radical (unpaired) electrons. The van der Waals surface area contributed by atoms with Gasteiger partial charge in [-0.05, 0) is 42.4 Å². The number of hydrogen-bond acceptors (Lipinski definition) is 4. The maximum Gasteiger partial charge on any atom is 0.263 e. The highest BCUT2D eigenvalue weighted by molar-refractivity contribution is 9.10. The molecule has 5 nitrogen and oxygen atoms in total. The highest BCUT2D eigenvalue weighted by Gasteiger charge is 2.26. The van der Waals surface area contributed by atoms with Crippen molar-refractivity contribution in [1.82, 2.24) is 10.6 Å². The number of hydrogen-bond donors (Lipinski definition) is 2. The van der Waals surface area contributed by atoms with Crippen molar-refractivity contribution in [3.05, 3.63) is 33.8 Å². The zero-order chi connectivity index (χ0) is 16.3. The monoisotopic (exact) mass is 382 g/mol. The highest BCUT2D eigenvalue weighted by atomic mass is 79.9. The van der Waals surface area contributed by atoms with Crippen LogP contribution in [-0.4, -0.2) is 23.5 Å². The first-order valence-corrected chi connectivity index (χ1v) is 7.87. The summed E-state index contributed by atoms with van der Waals surface area (Å²) in [5, 5.41) is 4.82. The van der Waals surface area contributed by atoms with Crippen LogP contribution in [0.4, 0.5) is 0 Å². The number of carbonyl (C=O) groups is 2. The Balaban J connectivity index is 2.36. The van der Waals surface area contributed by atoms with Gasteiger partial charge >= 0.3 is 0 Å². The third-order valence-electron chi connectivity index (χ3n) is 2.79. The lowest BCUT2D eigenvalue weighted by molar-refractivity contribution is -0.123. The van der Waals surface area contributed by atoms with E-state index in [4.69, 9.17) is 17.0 Å². The van der Waals surface area contributed by atoms with Crippen LogP contribution in [-0.2, 0) is 9.59 Å². The van der Waals surface area contributed by atoms with E-state index in [1.54, 1.807) is 12.1 Å². The Bertz CT molecular complexity index is 649. The molecule has 0 spiro atoms. The van der Waals surface area contributed by atoms with Crippen LogP contribution in [0.3, 0.4) is 0 Å². The molecule has 116 valence electrons. The van der Waals surface area contributed by atoms with Gasteiger partial charge < -0.3 is 4.74 Å². The van der Waals surface area contributed by atoms with Gasteiger partial charge in [0.15, 0.2) is 5.11 Å². The molecule has 0 bridgehead atoms. The molecule has 1 heterocycles. The topological polar surface area (TPSA) is 67.4 Å². The molecule has 7 heteroatoms. The molecule has 0 saturated carbocycles. The third kappa shape index (κ3) is 4.14. The van der Waals surface area contributed by atoms with Gasteiger partial charge in [-0.1, -0.05) is 29.8 Å². The lowest BCUT2D eigenvalue weighted by atomic mass is 10.1. The van der Waals surface area contributed by atoms with Crippen molar-refractivity contribution in [2.45, 2.75) is 13.8 Å². The molecule has 2 N–H and O–H groups in total. The Morgan fingerprint density at radius 3 is 2.50 bits per heavy atom. The molecule has 1 aromatic rings. The zero-order valence-electron chi connectivity index (χ0n) is 12.1. The molecular formula is C15H15BrN2O3S. The molecule has 2 amide bonds. The van der Waals surface area contributed by atoms with E-state index in [-0.39, 0.29) is 10.7 Å². The summed E-state index contributed by atoms with van der Waals surface area (Å²) >= 11 is 8.15. The van der Waals surface area contributed by atoms with E-state index in [0.29, 0.717) is 23.8 Å². The minimum absolute atomic E-state index is 0.0117. The molecule has 0 atom stereocenters. The Labute approximate surface area is 142 Å². The SMILES string of the molecule is CC(C)COc1ccc(Br)cc1C=C1C(=O)NC(=S)NC1=O. The summed E-state index contributed by atoms with van der Waals surface area (Å²) < 4.78 is 6.55. The summed E-state index contributed by atoms with van der Waals surface area (Å²) in [6.07, 6.45) is 1.49. The summed E-state index contributed by atoms with van der Waals surface area (Å²) in [7, 11) is 0. The maximum absolute atomic E-state index is 11.9. The van der Waals surface area contributed by atoms with Crippen molar-refractivity contribution >= 4 is 51.2 Å². The van der Waals surface area contributed by atoms with Gasteiger partial charge in [0.1, 0.15) is 11.3 Å². The molecular weight excluding hydrogens is 368 g/mol. The van der Waals surface area contributed by atoms with E-state index in [0.717, 1.165) is 4.47 Å². The quantitative estimate of drug-likeness (QED) is 0.476. The second-order valence-corrected chi connectivity index (χ2v) is 6.51. The number of halogens is 1. The number of thiocarbonyl (C=S) groups is 1. The van der Waals surface area contributed by atoms with E-state index in [9.17, 15) is 9.59 Å². The fraction of sp³-hybridized carbons (Fsp3) is 0.267. The summed E-state index contributed by atoms with van der Waals surface area (Å²) in [6.45, 7) is 4.63. The molecule has 0 aliphatic carbocycles. The number of nitrogens with one attached hydrogen (secondary N) is 2. The predicted molar refractivity (Wildman–Crippen MR) is 91.3 cm³/mol. The molecule has 1 aliphatic heterocycles. The van der Waals surface area contributed by atoms with Gasteiger partial charge in [-0.3, -0.25) is 20.2 Å². The number of carbonyl (C=O) groups excluding carboxylic acids is 2.